The third kappa shape index (κ3) is 3.93. The molecule has 0 radical (unpaired) electrons. The second kappa shape index (κ2) is 8.61. The van der Waals surface area contributed by atoms with E-state index in [0.29, 0.717) is 23.8 Å². The number of hydrogen-bond acceptors (Lipinski definition) is 7. The number of piperidine rings is 1. The van der Waals surface area contributed by atoms with Crippen molar-refractivity contribution in [2.24, 2.45) is 5.92 Å². The summed E-state index contributed by atoms with van der Waals surface area (Å²) < 4.78 is 10.7. The number of rotatable bonds is 4. The molecule has 28 heavy (non-hydrogen) atoms. The van der Waals surface area contributed by atoms with Crippen LogP contribution in [0.4, 0.5) is 5.95 Å². The molecule has 3 aliphatic heterocycles. The summed E-state index contributed by atoms with van der Waals surface area (Å²) in [4.78, 5) is 28.7. The van der Waals surface area contributed by atoms with Crippen LogP contribution in [0.2, 0.25) is 0 Å². The van der Waals surface area contributed by atoms with Crippen LogP contribution < -0.4 is 9.64 Å². The first-order valence-corrected chi connectivity index (χ1v) is 10.4. The molecule has 2 atom stereocenters. The molecule has 3 aliphatic rings. The molecule has 4 rings (SSSR count). The van der Waals surface area contributed by atoms with Crippen molar-refractivity contribution in [1.29, 1.82) is 0 Å². The van der Waals surface area contributed by atoms with E-state index in [-0.39, 0.29) is 12.0 Å². The van der Waals surface area contributed by atoms with Crippen LogP contribution in [0.25, 0.3) is 0 Å². The number of carbonyl (C=O) groups excluding carboxylic acids is 1. The Hall–Kier alpha value is -1.93. The maximum absolute atomic E-state index is 13.2. The zero-order valence-corrected chi connectivity index (χ0v) is 16.9. The van der Waals surface area contributed by atoms with Crippen molar-refractivity contribution in [1.82, 2.24) is 19.8 Å². The van der Waals surface area contributed by atoms with E-state index in [2.05, 4.69) is 31.6 Å². The van der Waals surface area contributed by atoms with Gasteiger partial charge in [0.05, 0.1) is 20.3 Å². The van der Waals surface area contributed by atoms with E-state index in [4.69, 9.17) is 9.47 Å². The topological polar surface area (TPSA) is 71.0 Å². The highest BCUT2D eigenvalue weighted by atomic mass is 16.5. The minimum Gasteiger partial charge on any atom is -0.481 e. The molecule has 1 amide bonds. The number of methoxy groups -OCH3 is 1. The van der Waals surface area contributed by atoms with E-state index < -0.39 is 0 Å². The molecular formula is C20H31N5O3. The smallest absolute Gasteiger partial charge is 0.228 e. The molecule has 0 aromatic carbocycles. The molecule has 0 spiro atoms. The predicted molar refractivity (Wildman–Crippen MR) is 105 cm³/mol. The van der Waals surface area contributed by atoms with Gasteiger partial charge in [-0.15, -0.1) is 0 Å². The first-order valence-electron chi connectivity index (χ1n) is 10.4. The molecule has 8 heteroatoms. The zero-order chi connectivity index (χ0) is 19.5. The fraction of sp³-hybridized carbons (Fsp3) is 0.750. The van der Waals surface area contributed by atoms with Crippen LogP contribution in [-0.4, -0.2) is 90.8 Å². The van der Waals surface area contributed by atoms with Gasteiger partial charge in [-0.1, -0.05) is 0 Å². The Kier molecular flexibility index (Phi) is 5.96. The molecule has 8 nitrogen and oxygen atoms in total. The normalized spacial score (nSPS) is 27.2. The number of morpholine rings is 1. The van der Waals surface area contributed by atoms with Crippen molar-refractivity contribution >= 4 is 11.9 Å². The van der Waals surface area contributed by atoms with Gasteiger partial charge >= 0.3 is 0 Å². The highest BCUT2D eigenvalue weighted by Gasteiger charge is 2.40. The van der Waals surface area contributed by atoms with Gasteiger partial charge in [-0.05, 0) is 26.2 Å². The van der Waals surface area contributed by atoms with E-state index in [1.54, 1.807) is 19.4 Å². The number of hydrogen-bond donors (Lipinski definition) is 0. The Bertz CT molecular complexity index is 674. The van der Waals surface area contributed by atoms with E-state index in [1.165, 1.54) is 0 Å². The van der Waals surface area contributed by atoms with Crippen molar-refractivity contribution in [2.75, 3.05) is 57.9 Å². The Morgan fingerprint density at radius 1 is 1.14 bits per heavy atom. The van der Waals surface area contributed by atoms with Gasteiger partial charge in [-0.3, -0.25) is 9.69 Å². The summed E-state index contributed by atoms with van der Waals surface area (Å²) in [6.07, 6.45) is 4.50. The monoisotopic (exact) mass is 389 g/mol. The third-order valence-corrected chi connectivity index (χ3v) is 6.47. The number of nitrogens with zero attached hydrogens (tertiary/aromatic N) is 5. The fourth-order valence-corrected chi connectivity index (χ4v) is 4.79. The maximum atomic E-state index is 13.2. The van der Waals surface area contributed by atoms with Crippen LogP contribution in [0.5, 0.6) is 5.88 Å². The fourth-order valence-electron chi connectivity index (χ4n) is 4.79. The number of ether oxygens (including phenoxy) is 2. The molecule has 3 saturated heterocycles. The van der Waals surface area contributed by atoms with Crippen molar-refractivity contribution in [3.63, 3.8) is 0 Å². The summed E-state index contributed by atoms with van der Waals surface area (Å²) in [7, 11) is 1.61. The lowest BCUT2D eigenvalue weighted by molar-refractivity contribution is -0.137. The average molecular weight is 390 g/mol. The average Bonchev–Trinajstić information content (AvgIpc) is 3.15. The number of anilines is 1. The lowest BCUT2D eigenvalue weighted by atomic mass is 9.95. The molecule has 0 aliphatic carbocycles. The predicted octanol–water partition coefficient (Wildman–Crippen LogP) is 1.02. The van der Waals surface area contributed by atoms with Gasteiger partial charge in [-0.25, -0.2) is 4.98 Å². The molecular weight excluding hydrogens is 358 g/mol. The maximum Gasteiger partial charge on any atom is 0.228 e. The summed E-state index contributed by atoms with van der Waals surface area (Å²) in [6, 6.07) is 2.50. The summed E-state index contributed by atoms with van der Waals surface area (Å²) in [6.45, 7) is 8.28. The molecule has 0 unspecified atom stereocenters. The number of likely N-dealkylation sites (tertiary alicyclic amines) is 1. The third-order valence-electron chi connectivity index (χ3n) is 6.47. The first-order chi connectivity index (χ1) is 13.7. The van der Waals surface area contributed by atoms with Crippen LogP contribution >= 0.6 is 0 Å². The van der Waals surface area contributed by atoms with Crippen LogP contribution in [0.1, 0.15) is 26.2 Å². The molecule has 1 aromatic heterocycles. The van der Waals surface area contributed by atoms with Crippen LogP contribution in [0, 0.1) is 5.92 Å². The summed E-state index contributed by atoms with van der Waals surface area (Å²) in [5.74, 6) is 1.69. The molecule has 154 valence electrons. The van der Waals surface area contributed by atoms with Crippen molar-refractivity contribution in [3.05, 3.63) is 12.3 Å². The Morgan fingerprint density at radius 3 is 2.61 bits per heavy atom. The van der Waals surface area contributed by atoms with E-state index >= 15 is 0 Å². The number of aromatic nitrogens is 2. The van der Waals surface area contributed by atoms with Gasteiger partial charge in [0.25, 0.3) is 0 Å². The molecule has 0 bridgehead atoms. The lowest BCUT2D eigenvalue weighted by Gasteiger charge is -2.37. The minimum absolute atomic E-state index is 0.104. The quantitative estimate of drug-likeness (QED) is 0.761. The minimum atomic E-state index is 0.104. The van der Waals surface area contributed by atoms with Gasteiger partial charge in [0, 0.05) is 63.0 Å². The zero-order valence-electron chi connectivity index (χ0n) is 16.9. The SMILES string of the molecule is COc1ccnc(N2CCC(C(=O)N3CC[C@@H](N4CCOCC4)[C@H]3C)CC2)n1. The Morgan fingerprint density at radius 2 is 1.89 bits per heavy atom. The van der Waals surface area contributed by atoms with Crippen molar-refractivity contribution < 1.29 is 14.3 Å². The van der Waals surface area contributed by atoms with Gasteiger partial charge in [0.1, 0.15) is 0 Å². The van der Waals surface area contributed by atoms with Crippen LogP contribution in [-0.2, 0) is 9.53 Å². The summed E-state index contributed by atoms with van der Waals surface area (Å²) in [5.41, 5.74) is 0. The lowest BCUT2D eigenvalue weighted by Crippen LogP contribution is -2.51. The summed E-state index contributed by atoms with van der Waals surface area (Å²) >= 11 is 0. The molecule has 1 aromatic rings. The summed E-state index contributed by atoms with van der Waals surface area (Å²) in [5, 5.41) is 0. The van der Waals surface area contributed by atoms with Gasteiger partial charge < -0.3 is 19.3 Å². The highest BCUT2D eigenvalue weighted by molar-refractivity contribution is 5.80. The number of amides is 1. The van der Waals surface area contributed by atoms with Gasteiger partial charge in [-0.2, -0.15) is 4.98 Å². The van der Waals surface area contributed by atoms with E-state index in [9.17, 15) is 4.79 Å². The standard InChI is InChI=1S/C20H31N5O3/c1-15-17(23-11-13-28-14-12-23)6-10-25(15)19(26)16-4-8-24(9-5-16)20-21-7-3-18(22-20)27-2/h3,7,15-17H,4-6,8-14H2,1-2H3/t15-,17-/m1/s1. The van der Waals surface area contributed by atoms with Crippen molar-refractivity contribution in [3.8, 4) is 5.88 Å². The van der Waals surface area contributed by atoms with E-state index in [0.717, 1.165) is 65.2 Å². The largest absolute Gasteiger partial charge is 0.481 e. The first kappa shape index (κ1) is 19.4. The number of carbonyl (C=O) groups is 1. The van der Waals surface area contributed by atoms with Gasteiger partial charge in [0.2, 0.25) is 17.7 Å². The molecule has 0 saturated carbocycles. The molecule has 4 heterocycles. The Balaban J connectivity index is 1.32. The van der Waals surface area contributed by atoms with Gasteiger partial charge in [0.15, 0.2) is 0 Å². The van der Waals surface area contributed by atoms with Crippen LogP contribution in [0.15, 0.2) is 12.3 Å². The highest BCUT2D eigenvalue weighted by Crippen LogP contribution is 2.29. The second-order valence-electron chi connectivity index (χ2n) is 7.94. The van der Waals surface area contributed by atoms with Crippen LogP contribution in [0.3, 0.4) is 0 Å². The molecule has 0 N–H and O–H groups in total. The molecule has 3 fully saturated rings. The van der Waals surface area contributed by atoms with Crippen molar-refractivity contribution in [2.45, 2.75) is 38.3 Å². The Labute approximate surface area is 166 Å². The second-order valence-corrected chi connectivity index (χ2v) is 7.94. The van der Waals surface area contributed by atoms with E-state index in [1.807, 2.05) is 0 Å².